The molecule has 1 N–H and O–H groups in total. The molecule has 1 fully saturated rings. The van der Waals surface area contributed by atoms with Crippen molar-refractivity contribution in [3.63, 3.8) is 0 Å². The second-order valence-electron chi connectivity index (χ2n) is 11.7. The number of aromatic nitrogens is 4. The summed E-state index contributed by atoms with van der Waals surface area (Å²) in [5, 5.41) is 22.0. The lowest BCUT2D eigenvalue weighted by Crippen LogP contribution is -2.35. The monoisotopic (exact) mass is 564 g/mol. The third-order valence-electron chi connectivity index (χ3n) is 8.79. The molecule has 3 aliphatic rings. The predicted octanol–water partition coefficient (Wildman–Crippen LogP) is 6.82. The number of anilines is 2. The highest BCUT2D eigenvalue weighted by Crippen LogP contribution is 2.39. The standard InChI is InChI=1S/C35H32N8/c1-23-9-14-29-28(20-23)35-41-40-34(43(35)32-8-5-17-36-33(32)37-29)27-12-10-24(11-13-27)22-42-18-15-26(16-19-42)31-21-30(38-39-31)25-6-3-2-4-7-25/h2-14,17,20,26H,15-16,18-19,21-22H2,1H3,(H,36,37). The lowest BCUT2D eigenvalue weighted by Gasteiger charge is -2.32. The molecule has 0 amide bonds. The first-order valence-electron chi connectivity index (χ1n) is 15.0. The Balaban J connectivity index is 0.967. The number of likely N-dealkylation sites (tertiary alicyclic amines) is 1. The molecule has 0 unspecified atom stereocenters. The highest BCUT2D eigenvalue weighted by molar-refractivity contribution is 6.15. The predicted molar refractivity (Wildman–Crippen MR) is 171 cm³/mol. The fraction of sp³-hybridized carbons (Fsp3) is 0.229. The summed E-state index contributed by atoms with van der Waals surface area (Å²) >= 11 is 0. The Kier molecular flexibility index (Phi) is 6.41. The third kappa shape index (κ3) is 4.83. The number of hydrogen-bond acceptors (Lipinski definition) is 7. The van der Waals surface area contributed by atoms with E-state index < -0.39 is 0 Å². The minimum atomic E-state index is 0.521. The lowest BCUT2D eigenvalue weighted by atomic mass is 9.88. The van der Waals surface area contributed by atoms with Gasteiger partial charge in [-0.25, -0.2) is 4.98 Å². The number of fused-ring (bicyclic) bond motifs is 5. The zero-order valence-electron chi connectivity index (χ0n) is 24.1. The molecular formula is C35H32N8. The van der Waals surface area contributed by atoms with Crippen LogP contribution < -0.4 is 5.32 Å². The molecule has 212 valence electrons. The van der Waals surface area contributed by atoms with Crippen LogP contribution in [0, 0.1) is 12.8 Å². The van der Waals surface area contributed by atoms with E-state index in [1.807, 2.05) is 18.3 Å². The van der Waals surface area contributed by atoms with Crippen LogP contribution >= 0.6 is 0 Å². The van der Waals surface area contributed by atoms with E-state index in [9.17, 15) is 0 Å². The first-order chi connectivity index (χ1) is 21.2. The summed E-state index contributed by atoms with van der Waals surface area (Å²) in [7, 11) is 0. The van der Waals surface area contributed by atoms with Crippen molar-refractivity contribution in [2.45, 2.75) is 32.7 Å². The van der Waals surface area contributed by atoms with E-state index in [1.54, 1.807) is 0 Å². The van der Waals surface area contributed by atoms with Gasteiger partial charge in [0.05, 0.1) is 17.1 Å². The molecule has 0 atom stereocenters. The summed E-state index contributed by atoms with van der Waals surface area (Å²) in [6, 6.07) is 29.6. The van der Waals surface area contributed by atoms with Gasteiger partial charge in [0.15, 0.2) is 17.5 Å². The molecule has 2 aromatic heterocycles. The van der Waals surface area contributed by atoms with Gasteiger partial charge in [-0.2, -0.15) is 10.2 Å². The van der Waals surface area contributed by atoms with Crippen molar-refractivity contribution in [2.24, 2.45) is 16.1 Å². The van der Waals surface area contributed by atoms with Crippen LogP contribution in [0.2, 0.25) is 0 Å². The Morgan fingerprint density at radius 2 is 1.63 bits per heavy atom. The molecular weight excluding hydrogens is 532 g/mol. The number of benzene rings is 3. The van der Waals surface area contributed by atoms with Gasteiger partial charge in [0.2, 0.25) is 0 Å². The number of nitrogens with one attached hydrogen (secondary N) is 1. The average molecular weight is 565 g/mol. The summed E-state index contributed by atoms with van der Waals surface area (Å²) in [6.45, 7) is 5.17. The second-order valence-corrected chi connectivity index (χ2v) is 11.7. The zero-order valence-corrected chi connectivity index (χ0v) is 24.1. The SMILES string of the molecule is Cc1ccc2c(c1)-c1nnc(-c3ccc(CN4CCC(C5=NN=C(c6ccccc6)C5)CC4)cc3)n1-c1cccnc1N2. The third-order valence-corrected chi connectivity index (χ3v) is 8.79. The van der Waals surface area contributed by atoms with Crippen molar-refractivity contribution in [2.75, 3.05) is 18.4 Å². The van der Waals surface area contributed by atoms with Crippen LogP contribution in [0.4, 0.5) is 11.5 Å². The Labute approximate surface area is 250 Å². The molecule has 8 rings (SSSR count). The highest BCUT2D eigenvalue weighted by Gasteiger charge is 2.28. The summed E-state index contributed by atoms with van der Waals surface area (Å²) in [6.07, 6.45) is 4.94. The van der Waals surface area contributed by atoms with Crippen LogP contribution in [-0.2, 0) is 6.54 Å². The minimum Gasteiger partial charge on any atom is -0.338 e. The zero-order chi connectivity index (χ0) is 28.8. The Morgan fingerprint density at radius 3 is 2.47 bits per heavy atom. The van der Waals surface area contributed by atoms with E-state index in [2.05, 4.69) is 120 Å². The van der Waals surface area contributed by atoms with E-state index in [-0.39, 0.29) is 0 Å². The van der Waals surface area contributed by atoms with Crippen LogP contribution in [-0.4, -0.2) is 49.2 Å². The van der Waals surface area contributed by atoms with Crippen LogP contribution in [0.3, 0.4) is 0 Å². The van der Waals surface area contributed by atoms with Crippen molar-refractivity contribution < 1.29 is 0 Å². The van der Waals surface area contributed by atoms with Gasteiger partial charge < -0.3 is 5.32 Å². The first-order valence-corrected chi connectivity index (χ1v) is 15.0. The Bertz CT molecular complexity index is 1860. The Morgan fingerprint density at radius 1 is 0.814 bits per heavy atom. The molecule has 43 heavy (non-hydrogen) atoms. The summed E-state index contributed by atoms with van der Waals surface area (Å²) in [5.41, 5.74) is 9.96. The molecule has 3 aliphatic heterocycles. The summed E-state index contributed by atoms with van der Waals surface area (Å²) in [5.74, 6) is 2.93. The molecule has 1 saturated heterocycles. The molecule has 8 heteroatoms. The van der Waals surface area contributed by atoms with Gasteiger partial charge in [-0.05, 0) is 68.2 Å². The van der Waals surface area contributed by atoms with Crippen molar-refractivity contribution >= 4 is 22.9 Å². The molecule has 0 aliphatic carbocycles. The largest absolute Gasteiger partial charge is 0.338 e. The normalized spacial score (nSPS) is 16.4. The number of hydrogen-bond donors (Lipinski definition) is 1. The molecule has 0 saturated carbocycles. The maximum atomic E-state index is 4.68. The number of rotatable bonds is 5. The first kappa shape index (κ1) is 25.7. The van der Waals surface area contributed by atoms with Gasteiger partial charge in [0, 0.05) is 41.9 Å². The molecule has 0 bridgehead atoms. The van der Waals surface area contributed by atoms with Gasteiger partial charge in [-0.3, -0.25) is 9.47 Å². The fourth-order valence-corrected chi connectivity index (χ4v) is 6.45. The highest BCUT2D eigenvalue weighted by atomic mass is 15.3. The minimum absolute atomic E-state index is 0.521. The molecule has 8 nitrogen and oxygen atoms in total. The summed E-state index contributed by atoms with van der Waals surface area (Å²) < 4.78 is 2.12. The smallest absolute Gasteiger partial charge is 0.171 e. The van der Waals surface area contributed by atoms with E-state index in [0.717, 1.165) is 84.6 Å². The van der Waals surface area contributed by atoms with Gasteiger partial charge in [-0.1, -0.05) is 66.2 Å². The molecule has 5 aromatic rings. The van der Waals surface area contributed by atoms with Gasteiger partial charge in [-0.15, -0.1) is 10.2 Å². The van der Waals surface area contributed by atoms with Gasteiger partial charge in [0.25, 0.3) is 0 Å². The maximum absolute atomic E-state index is 4.68. The van der Waals surface area contributed by atoms with Crippen molar-refractivity contribution in [3.05, 3.63) is 108 Å². The van der Waals surface area contributed by atoms with Gasteiger partial charge in [0.1, 0.15) is 0 Å². The lowest BCUT2D eigenvalue weighted by molar-refractivity contribution is 0.201. The molecule has 0 spiro atoms. The van der Waals surface area contributed by atoms with Crippen molar-refractivity contribution in [1.29, 1.82) is 0 Å². The van der Waals surface area contributed by atoms with E-state index in [1.165, 1.54) is 22.4 Å². The van der Waals surface area contributed by atoms with Crippen molar-refractivity contribution in [3.8, 4) is 28.5 Å². The van der Waals surface area contributed by atoms with Crippen LogP contribution in [0.25, 0.3) is 28.5 Å². The number of aryl methyl sites for hydroxylation is 1. The number of piperidine rings is 1. The molecule has 0 radical (unpaired) electrons. The number of nitrogens with zero attached hydrogens (tertiary/aromatic N) is 7. The quantitative estimate of drug-likeness (QED) is 0.248. The Hall–Kier alpha value is -4.95. The average Bonchev–Trinajstić information content (AvgIpc) is 3.69. The van der Waals surface area contributed by atoms with Crippen LogP contribution in [0.1, 0.15) is 36.0 Å². The van der Waals surface area contributed by atoms with Crippen molar-refractivity contribution in [1.82, 2.24) is 24.6 Å². The van der Waals surface area contributed by atoms with E-state index >= 15 is 0 Å². The van der Waals surface area contributed by atoms with E-state index in [4.69, 9.17) is 0 Å². The van der Waals surface area contributed by atoms with Crippen LogP contribution in [0.5, 0.6) is 0 Å². The topological polar surface area (TPSA) is 83.6 Å². The second kappa shape index (κ2) is 10.7. The maximum Gasteiger partial charge on any atom is 0.171 e. The summed E-state index contributed by atoms with van der Waals surface area (Å²) in [4.78, 5) is 7.19. The number of pyridine rings is 1. The fourth-order valence-electron chi connectivity index (χ4n) is 6.45. The van der Waals surface area contributed by atoms with Gasteiger partial charge >= 0.3 is 0 Å². The molecule has 5 heterocycles. The van der Waals surface area contributed by atoms with E-state index in [0.29, 0.717) is 5.92 Å². The van der Waals surface area contributed by atoms with Crippen LogP contribution in [0.15, 0.2) is 101 Å². The molecule has 3 aromatic carbocycles.